The van der Waals surface area contributed by atoms with Crippen LogP contribution in [0.4, 0.5) is 10.1 Å². The fourth-order valence-electron chi connectivity index (χ4n) is 3.27. The third kappa shape index (κ3) is 4.80. The number of hydrogen-bond donors (Lipinski definition) is 1. The standard InChI is InChI=1S/C20H28FN5O/c1-22-20(25(3)15-17-5-4-8-24(17)2)23-14-16-6-7-19(18(21)13-16)26-9-11-27-12-10-26/h4-8,13H,9-12,14-15H2,1-3H3,(H,22,23). The topological polar surface area (TPSA) is 45.0 Å². The first kappa shape index (κ1) is 19.2. The second-order valence-corrected chi connectivity index (χ2v) is 6.75. The van der Waals surface area contributed by atoms with Gasteiger partial charge in [0.15, 0.2) is 5.96 Å². The van der Waals surface area contributed by atoms with Gasteiger partial charge >= 0.3 is 0 Å². The number of anilines is 1. The summed E-state index contributed by atoms with van der Waals surface area (Å²) in [4.78, 5) is 8.41. The third-order valence-corrected chi connectivity index (χ3v) is 4.84. The molecule has 0 unspecified atom stereocenters. The smallest absolute Gasteiger partial charge is 0.194 e. The van der Waals surface area contributed by atoms with Crippen molar-refractivity contribution in [3.63, 3.8) is 0 Å². The lowest BCUT2D eigenvalue weighted by Crippen LogP contribution is -2.38. The first-order valence-corrected chi connectivity index (χ1v) is 9.21. The van der Waals surface area contributed by atoms with Gasteiger partial charge in [0, 0.05) is 52.7 Å². The Morgan fingerprint density at radius 3 is 2.70 bits per heavy atom. The Morgan fingerprint density at radius 2 is 2.07 bits per heavy atom. The van der Waals surface area contributed by atoms with Gasteiger partial charge in [0.05, 0.1) is 25.4 Å². The molecule has 1 aromatic carbocycles. The predicted octanol–water partition coefficient (Wildman–Crippen LogP) is 2.21. The molecule has 1 N–H and O–H groups in total. The van der Waals surface area contributed by atoms with E-state index in [2.05, 4.69) is 20.9 Å². The summed E-state index contributed by atoms with van der Waals surface area (Å²) in [6, 6.07) is 9.53. The van der Waals surface area contributed by atoms with E-state index in [4.69, 9.17) is 4.74 Å². The van der Waals surface area contributed by atoms with Crippen molar-refractivity contribution < 1.29 is 9.13 Å². The molecular formula is C20H28FN5O. The van der Waals surface area contributed by atoms with Crippen molar-refractivity contribution in [2.75, 3.05) is 45.3 Å². The quantitative estimate of drug-likeness (QED) is 0.645. The van der Waals surface area contributed by atoms with E-state index in [0.29, 0.717) is 25.4 Å². The van der Waals surface area contributed by atoms with Crippen molar-refractivity contribution in [3.8, 4) is 0 Å². The minimum Gasteiger partial charge on any atom is -0.378 e. The normalized spacial score (nSPS) is 15.1. The highest BCUT2D eigenvalue weighted by Crippen LogP contribution is 2.21. The summed E-state index contributed by atoms with van der Waals surface area (Å²) in [6.07, 6.45) is 2.03. The molecular weight excluding hydrogens is 345 g/mol. The van der Waals surface area contributed by atoms with E-state index in [1.54, 1.807) is 13.1 Å². The Hall–Kier alpha value is -2.54. The molecule has 0 saturated carbocycles. The Labute approximate surface area is 160 Å². The van der Waals surface area contributed by atoms with Crippen molar-refractivity contribution in [1.29, 1.82) is 0 Å². The van der Waals surface area contributed by atoms with Crippen LogP contribution in [0.15, 0.2) is 41.5 Å². The molecule has 0 radical (unpaired) electrons. The molecule has 2 heterocycles. The van der Waals surface area contributed by atoms with Crippen LogP contribution < -0.4 is 10.2 Å². The average molecular weight is 373 g/mol. The van der Waals surface area contributed by atoms with E-state index in [1.165, 1.54) is 5.69 Å². The number of aliphatic imine (C=N–C) groups is 1. The maximum Gasteiger partial charge on any atom is 0.194 e. The minimum absolute atomic E-state index is 0.191. The van der Waals surface area contributed by atoms with E-state index >= 15 is 0 Å². The van der Waals surface area contributed by atoms with Gasteiger partial charge in [0.2, 0.25) is 0 Å². The van der Waals surface area contributed by atoms with E-state index in [0.717, 1.165) is 31.2 Å². The van der Waals surface area contributed by atoms with E-state index in [1.807, 2.05) is 48.3 Å². The van der Waals surface area contributed by atoms with Gasteiger partial charge in [-0.05, 0) is 29.8 Å². The largest absolute Gasteiger partial charge is 0.378 e. The van der Waals surface area contributed by atoms with Crippen molar-refractivity contribution >= 4 is 11.6 Å². The first-order chi connectivity index (χ1) is 13.1. The summed E-state index contributed by atoms with van der Waals surface area (Å²) in [6.45, 7) is 4.01. The maximum absolute atomic E-state index is 14.5. The number of aryl methyl sites for hydroxylation is 1. The maximum atomic E-state index is 14.5. The lowest BCUT2D eigenvalue weighted by molar-refractivity contribution is 0.122. The average Bonchev–Trinajstić information content (AvgIpc) is 3.07. The van der Waals surface area contributed by atoms with E-state index in [9.17, 15) is 4.39 Å². The van der Waals surface area contributed by atoms with Gasteiger partial charge in [0.1, 0.15) is 5.82 Å². The number of rotatable bonds is 5. The van der Waals surface area contributed by atoms with Gasteiger partial charge in [0.25, 0.3) is 0 Å². The highest BCUT2D eigenvalue weighted by atomic mass is 19.1. The lowest BCUT2D eigenvalue weighted by atomic mass is 10.1. The van der Waals surface area contributed by atoms with Crippen molar-refractivity contribution in [2.45, 2.75) is 13.1 Å². The van der Waals surface area contributed by atoms with Gasteiger partial charge in [-0.1, -0.05) is 6.07 Å². The molecule has 146 valence electrons. The number of nitrogens with zero attached hydrogens (tertiary/aromatic N) is 4. The third-order valence-electron chi connectivity index (χ3n) is 4.84. The predicted molar refractivity (Wildman–Crippen MR) is 107 cm³/mol. The molecule has 3 rings (SSSR count). The van der Waals surface area contributed by atoms with Gasteiger partial charge in [-0.15, -0.1) is 0 Å². The van der Waals surface area contributed by atoms with Crippen LogP contribution in [0.25, 0.3) is 0 Å². The highest BCUT2D eigenvalue weighted by molar-refractivity contribution is 5.79. The summed E-state index contributed by atoms with van der Waals surface area (Å²) in [5, 5.41) is 3.31. The minimum atomic E-state index is -0.191. The Morgan fingerprint density at radius 1 is 1.30 bits per heavy atom. The number of halogens is 1. The Kier molecular flexibility index (Phi) is 6.34. The fraction of sp³-hybridized carbons (Fsp3) is 0.450. The molecule has 0 amide bonds. The molecule has 1 aromatic heterocycles. The molecule has 2 aromatic rings. The van der Waals surface area contributed by atoms with Crippen LogP contribution in [0.5, 0.6) is 0 Å². The van der Waals surface area contributed by atoms with Crippen LogP contribution in [0.3, 0.4) is 0 Å². The second-order valence-electron chi connectivity index (χ2n) is 6.75. The van der Waals surface area contributed by atoms with Gasteiger partial charge in [-0.2, -0.15) is 0 Å². The lowest BCUT2D eigenvalue weighted by Gasteiger charge is -2.29. The van der Waals surface area contributed by atoms with Crippen LogP contribution in [-0.2, 0) is 24.9 Å². The molecule has 6 nitrogen and oxygen atoms in total. The number of hydrogen-bond acceptors (Lipinski definition) is 3. The number of guanidine groups is 1. The van der Waals surface area contributed by atoms with Crippen LogP contribution in [-0.4, -0.2) is 55.8 Å². The molecule has 1 saturated heterocycles. The zero-order valence-electron chi connectivity index (χ0n) is 16.3. The van der Waals surface area contributed by atoms with Crippen molar-refractivity contribution in [2.24, 2.45) is 12.0 Å². The molecule has 1 aliphatic heterocycles. The molecule has 0 atom stereocenters. The first-order valence-electron chi connectivity index (χ1n) is 9.21. The summed E-state index contributed by atoms with van der Waals surface area (Å²) in [5.41, 5.74) is 2.73. The van der Waals surface area contributed by atoms with Gasteiger partial charge < -0.3 is 24.4 Å². The number of morpholine rings is 1. The number of ether oxygens (including phenoxy) is 1. The summed E-state index contributed by atoms with van der Waals surface area (Å²) in [5.74, 6) is 0.581. The van der Waals surface area contributed by atoms with Crippen LogP contribution in [0.2, 0.25) is 0 Å². The molecule has 1 aliphatic rings. The molecule has 7 heteroatoms. The molecule has 0 aliphatic carbocycles. The highest BCUT2D eigenvalue weighted by Gasteiger charge is 2.15. The second kappa shape index (κ2) is 8.90. The van der Waals surface area contributed by atoms with Crippen molar-refractivity contribution in [1.82, 2.24) is 14.8 Å². The monoisotopic (exact) mass is 373 g/mol. The van der Waals surface area contributed by atoms with Crippen molar-refractivity contribution in [3.05, 3.63) is 53.6 Å². The zero-order valence-corrected chi connectivity index (χ0v) is 16.3. The number of aromatic nitrogens is 1. The molecule has 27 heavy (non-hydrogen) atoms. The van der Waals surface area contributed by atoms with Gasteiger partial charge in [-0.25, -0.2) is 4.39 Å². The summed E-state index contributed by atoms with van der Waals surface area (Å²) < 4.78 is 22.0. The van der Waals surface area contributed by atoms with Crippen LogP contribution in [0, 0.1) is 5.82 Å². The zero-order chi connectivity index (χ0) is 19.2. The Balaban J connectivity index is 1.59. The summed E-state index contributed by atoms with van der Waals surface area (Å²) >= 11 is 0. The number of nitrogens with one attached hydrogen (secondary N) is 1. The molecule has 0 spiro atoms. The molecule has 1 fully saturated rings. The van der Waals surface area contributed by atoms with E-state index < -0.39 is 0 Å². The fourth-order valence-corrected chi connectivity index (χ4v) is 3.27. The van der Waals surface area contributed by atoms with Crippen LogP contribution >= 0.6 is 0 Å². The Bertz CT molecular complexity index is 782. The molecule has 0 bridgehead atoms. The van der Waals surface area contributed by atoms with Crippen LogP contribution in [0.1, 0.15) is 11.3 Å². The van der Waals surface area contributed by atoms with E-state index in [-0.39, 0.29) is 5.82 Å². The number of benzene rings is 1. The summed E-state index contributed by atoms with van der Waals surface area (Å²) in [7, 11) is 5.77. The SMILES string of the molecule is CN=C(NCc1ccc(N2CCOCC2)c(F)c1)N(C)Cc1cccn1C. The van der Waals surface area contributed by atoms with Gasteiger partial charge in [-0.3, -0.25) is 4.99 Å².